The number of rotatable bonds is 7. The van der Waals surface area contributed by atoms with Crippen LogP contribution in [0.3, 0.4) is 0 Å². The minimum atomic E-state index is -0.397. The highest BCUT2D eigenvalue weighted by Gasteiger charge is 2.07. The van der Waals surface area contributed by atoms with Crippen molar-refractivity contribution in [2.45, 2.75) is 27.2 Å². The van der Waals surface area contributed by atoms with Crippen molar-refractivity contribution in [2.24, 2.45) is 5.10 Å². The highest BCUT2D eigenvalue weighted by molar-refractivity contribution is 6.05. The fraction of sp³-hybridized carbons (Fsp3) is 0.263. The molecular weight excluding hydrogens is 332 g/mol. The molecule has 0 aliphatic rings. The van der Waals surface area contributed by atoms with Crippen LogP contribution in [-0.4, -0.2) is 29.1 Å². The number of amides is 2. The highest BCUT2D eigenvalue weighted by atomic mass is 16.5. The van der Waals surface area contributed by atoms with E-state index in [4.69, 9.17) is 4.74 Å². The molecule has 0 aliphatic carbocycles. The average Bonchev–Trinajstić information content (AvgIpc) is 2.58. The molecule has 26 heavy (non-hydrogen) atoms. The molecule has 7 heteroatoms. The summed E-state index contributed by atoms with van der Waals surface area (Å²) < 4.78 is 5.38. The maximum absolute atomic E-state index is 12.0. The zero-order valence-electron chi connectivity index (χ0n) is 15.1. The first-order chi connectivity index (χ1) is 12.4. The van der Waals surface area contributed by atoms with Gasteiger partial charge in [0.1, 0.15) is 11.6 Å². The van der Waals surface area contributed by atoms with Crippen molar-refractivity contribution in [1.82, 2.24) is 10.4 Å². The third kappa shape index (κ3) is 6.72. The second-order valence-electron chi connectivity index (χ2n) is 5.93. The first-order valence-electron chi connectivity index (χ1n) is 8.16. The van der Waals surface area contributed by atoms with Gasteiger partial charge in [-0.15, -0.1) is 0 Å². The van der Waals surface area contributed by atoms with Crippen LogP contribution in [0, 0.1) is 13.8 Å². The number of ether oxygens (including phenoxy) is 1. The van der Waals surface area contributed by atoms with E-state index >= 15 is 0 Å². The molecule has 7 nitrogen and oxygen atoms in total. The molecular formula is C19H22N4O3. The molecule has 0 fully saturated rings. The number of aromatic nitrogens is 1. The lowest BCUT2D eigenvalue weighted by Gasteiger charge is -2.07. The Labute approximate surface area is 152 Å². The molecule has 0 saturated carbocycles. The zero-order chi connectivity index (χ0) is 18.9. The molecule has 1 heterocycles. The molecule has 0 unspecified atom stereocenters. The molecule has 2 amide bonds. The van der Waals surface area contributed by atoms with Gasteiger partial charge in [0.15, 0.2) is 6.61 Å². The summed E-state index contributed by atoms with van der Waals surface area (Å²) in [5.74, 6) is 0.450. The Morgan fingerprint density at radius 3 is 2.62 bits per heavy atom. The third-order valence-corrected chi connectivity index (χ3v) is 3.33. The zero-order valence-corrected chi connectivity index (χ0v) is 15.1. The Bertz CT molecular complexity index is 818. The van der Waals surface area contributed by atoms with Crippen LogP contribution in [0.15, 0.2) is 47.7 Å². The van der Waals surface area contributed by atoms with Crippen molar-refractivity contribution >= 4 is 23.3 Å². The largest absolute Gasteiger partial charge is 0.484 e. The number of carbonyl (C=O) groups excluding carboxylic acids is 2. The second kappa shape index (κ2) is 9.31. The maximum atomic E-state index is 12.0. The van der Waals surface area contributed by atoms with Crippen LogP contribution < -0.4 is 15.5 Å². The van der Waals surface area contributed by atoms with Gasteiger partial charge >= 0.3 is 0 Å². The van der Waals surface area contributed by atoms with Crippen LogP contribution in [0.1, 0.15) is 24.5 Å². The standard InChI is InChI=1S/C19H22N4O3/c1-13-5-4-6-16(9-13)26-12-19(25)23-22-15(3)11-18(24)21-17-10-14(2)7-8-20-17/h4-10H,11-12H2,1-3H3,(H,23,25)(H,20,21,24)/b22-15-. The van der Waals surface area contributed by atoms with Gasteiger partial charge in [0.05, 0.1) is 6.42 Å². The van der Waals surface area contributed by atoms with Crippen molar-refractivity contribution < 1.29 is 14.3 Å². The van der Waals surface area contributed by atoms with Gasteiger partial charge in [0.2, 0.25) is 5.91 Å². The molecule has 0 atom stereocenters. The molecule has 1 aromatic carbocycles. The topological polar surface area (TPSA) is 92.7 Å². The molecule has 0 aliphatic heterocycles. The summed E-state index contributed by atoms with van der Waals surface area (Å²) in [6, 6.07) is 11.0. The molecule has 0 spiro atoms. The molecule has 1 aromatic heterocycles. The second-order valence-corrected chi connectivity index (χ2v) is 5.93. The van der Waals surface area contributed by atoms with Crippen LogP contribution in [0.25, 0.3) is 0 Å². The number of carbonyl (C=O) groups is 2. The smallest absolute Gasteiger partial charge is 0.277 e. The van der Waals surface area contributed by atoms with E-state index < -0.39 is 5.91 Å². The number of nitrogens with zero attached hydrogens (tertiary/aromatic N) is 2. The van der Waals surface area contributed by atoms with Gasteiger partial charge < -0.3 is 10.1 Å². The first-order valence-corrected chi connectivity index (χ1v) is 8.16. The quantitative estimate of drug-likeness (QED) is 0.590. The number of pyridine rings is 1. The SMILES string of the molecule is C/C(CC(=O)Nc1cc(C)ccn1)=N/NC(=O)COc1cccc(C)c1. The van der Waals surface area contributed by atoms with E-state index in [2.05, 4.69) is 20.8 Å². The third-order valence-electron chi connectivity index (χ3n) is 3.33. The average molecular weight is 354 g/mol. The molecule has 2 rings (SSSR count). The Morgan fingerprint density at radius 1 is 1.12 bits per heavy atom. The van der Waals surface area contributed by atoms with Crippen LogP contribution in [-0.2, 0) is 9.59 Å². The number of hydrogen-bond donors (Lipinski definition) is 2. The van der Waals surface area contributed by atoms with Crippen LogP contribution in [0.5, 0.6) is 5.75 Å². The summed E-state index contributed by atoms with van der Waals surface area (Å²) >= 11 is 0. The normalized spacial score (nSPS) is 11.0. The lowest BCUT2D eigenvalue weighted by molar-refractivity contribution is -0.123. The molecule has 2 aromatic rings. The van der Waals surface area contributed by atoms with Crippen molar-refractivity contribution in [3.05, 3.63) is 53.7 Å². The molecule has 0 bridgehead atoms. The fourth-order valence-electron chi connectivity index (χ4n) is 2.11. The van der Waals surface area contributed by atoms with Crippen molar-refractivity contribution in [2.75, 3.05) is 11.9 Å². The van der Waals surface area contributed by atoms with E-state index in [0.717, 1.165) is 11.1 Å². The monoisotopic (exact) mass is 354 g/mol. The van der Waals surface area contributed by atoms with E-state index in [1.165, 1.54) is 0 Å². The number of anilines is 1. The Kier molecular flexibility index (Phi) is 6.84. The van der Waals surface area contributed by atoms with Gasteiger partial charge in [-0.2, -0.15) is 5.10 Å². The van der Waals surface area contributed by atoms with Gasteiger partial charge in [-0.25, -0.2) is 10.4 Å². The summed E-state index contributed by atoms with van der Waals surface area (Å²) in [6.45, 7) is 5.36. The lowest BCUT2D eigenvalue weighted by atomic mass is 10.2. The van der Waals surface area contributed by atoms with E-state index in [9.17, 15) is 9.59 Å². The fourth-order valence-corrected chi connectivity index (χ4v) is 2.11. The van der Waals surface area contributed by atoms with E-state index in [0.29, 0.717) is 17.3 Å². The van der Waals surface area contributed by atoms with Crippen LogP contribution in [0.2, 0.25) is 0 Å². The summed E-state index contributed by atoms with van der Waals surface area (Å²) in [5, 5.41) is 6.59. The Balaban J connectivity index is 1.76. The van der Waals surface area contributed by atoms with Crippen molar-refractivity contribution in [3.8, 4) is 5.75 Å². The number of benzene rings is 1. The van der Waals surface area contributed by atoms with Gasteiger partial charge in [-0.1, -0.05) is 12.1 Å². The van der Waals surface area contributed by atoms with Gasteiger partial charge in [0.25, 0.3) is 5.91 Å². The lowest BCUT2D eigenvalue weighted by Crippen LogP contribution is -2.26. The number of aryl methyl sites for hydroxylation is 2. The maximum Gasteiger partial charge on any atom is 0.277 e. The first kappa shape index (κ1) is 19.1. The van der Waals surface area contributed by atoms with E-state index in [1.54, 1.807) is 25.3 Å². The van der Waals surface area contributed by atoms with Gasteiger partial charge in [0, 0.05) is 11.9 Å². The van der Waals surface area contributed by atoms with Crippen LogP contribution >= 0.6 is 0 Å². The highest BCUT2D eigenvalue weighted by Crippen LogP contribution is 2.11. The molecule has 0 radical (unpaired) electrons. The van der Waals surface area contributed by atoms with Gasteiger partial charge in [-0.3, -0.25) is 9.59 Å². The molecule has 0 saturated heterocycles. The van der Waals surface area contributed by atoms with Crippen LogP contribution in [0.4, 0.5) is 5.82 Å². The van der Waals surface area contributed by atoms with Crippen molar-refractivity contribution in [1.29, 1.82) is 0 Å². The number of nitrogens with one attached hydrogen (secondary N) is 2. The predicted octanol–water partition coefficient (Wildman–Crippen LogP) is 2.60. The summed E-state index contributed by atoms with van der Waals surface area (Å²) in [4.78, 5) is 27.8. The Morgan fingerprint density at radius 2 is 1.88 bits per heavy atom. The predicted molar refractivity (Wildman–Crippen MR) is 100 cm³/mol. The minimum Gasteiger partial charge on any atom is -0.484 e. The summed E-state index contributed by atoms with van der Waals surface area (Å²) in [7, 11) is 0. The summed E-state index contributed by atoms with van der Waals surface area (Å²) in [6.07, 6.45) is 1.68. The van der Waals surface area contributed by atoms with Crippen molar-refractivity contribution in [3.63, 3.8) is 0 Å². The van der Waals surface area contributed by atoms with E-state index in [1.807, 2.05) is 38.1 Å². The number of hydrazone groups is 1. The molecule has 136 valence electrons. The minimum absolute atomic E-state index is 0.0502. The summed E-state index contributed by atoms with van der Waals surface area (Å²) in [5.41, 5.74) is 4.89. The number of hydrogen-bond acceptors (Lipinski definition) is 5. The Hall–Kier alpha value is -3.22. The van der Waals surface area contributed by atoms with Gasteiger partial charge in [-0.05, 0) is 56.2 Å². The molecule has 2 N–H and O–H groups in total. The van der Waals surface area contributed by atoms with E-state index in [-0.39, 0.29) is 18.9 Å².